The number of carbonyl (C=O) groups excluding carboxylic acids is 1. The van der Waals surface area contributed by atoms with E-state index in [0.29, 0.717) is 0 Å². The third-order valence-electron chi connectivity index (χ3n) is 3.56. The molecule has 0 aliphatic carbocycles. The lowest BCUT2D eigenvalue weighted by Crippen LogP contribution is -2.45. The first kappa shape index (κ1) is 16.2. The number of hydrogen-bond acceptors (Lipinski definition) is 2. The van der Waals surface area contributed by atoms with Gasteiger partial charge in [-0.3, -0.25) is 4.79 Å². The molecule has 4 heteroatoms. The second-order valence-corrected chi connectivity index (χ2v) is 5.85. The molecule has 0 fully saturated rings. The Balaban J connectivity index is 2.72. The first-order valence-electron chi connectivity index (χ1n) is 6.81. The molecule has 0 aromatic heterocycles. The maximum Gasteiger partial charge on any atom is 0.237 e. The minimum atomic E-state index is -0.436. The van der Waals surface area contributed by atoms with Crippen molar-refractivity contribution in [2.45, 2.75) is 45.7 Å². The van der Waals surface area contributed by atoms with E-state index < -0.39 is 6.04 Å². The largest absolute Gasteiger partial charge is 0.348 e. The van der Waals surface area contributed by atoms with Crippen LogP contribution in [0.2, 0.25) is 0 Å². The van der Waals surface area contributed by atoms with Crippen molar-refractivity contribution in [2.24, 2.45) is 11.7 Å². The van der Waals surface area contributed by atoms with Crippen LogP contribution in [0, 0.1) is 5.92 Å². The predicted molar refractivity (Wildman–Crippen MR) is 82.7 cm³/mol. The highest BCUT2D eigenvalue weighted by Crippen LogP contribution is 2.20. The Bertz CT molecular complexity index is 405. The molecule has 1 aromatic rings. The van der Waals surface area contributed by atoms with Crippen molar-refractivity contribution in [3.8, 4) is 0 Å². The Labute approximate surface area is 124 Å². The second kappa shape index (κ2) is 7.65. The highest BCUT2D eigenvalue weighted by atomic mass is 79.9. The van der Waals surface area contributed by atoms with Gasteiger partial charge in [0.2, 0.25) is 5.91 Å². The van der Waals surface area contributed by atoms with Crippen LogP contribution in [0.4, 0.5) is 0 Å². The van der Waals surface area contributed by atoms with Crippen molar-refractivity contribution < 1.29 is 4.79 Å². The summed E-state index contributed by atoms with van der Waals surface area (Å²) in [6.45, 7) is 6.11. The summed E-state index contributed by atoms with van der Waals surface area (Å²) in [4.78, 5) is 12.1. The highest BCUT2D eigenvalue weighted by Gasteiger charge is 2.22. The molecule has 1 aromatic carbocycles. The average Bonchev–Trinajstić information content (AvgIpc) is 2.43. The van der Waals surface area contributed by atoms with Gasteiger partial charge >= 0.3 is 0 Å². The van der Waals surface area contributed by atoms with E-state index >= 15 is 0 Å². The van der Waals surface area contributed by atoms with Crippen LogP contribution in [0.3, 0.4) is 0 Å². The first-order valence-corrected chi connectivity index (χ1v) is 7.60. The van der Waals surface area contributed by atoms with E-state index in [-0.39, 0.29) is 17.9 Å². The second-order valence-electron chi connectivity index (χ2n) is 4.93. The Morgan fingerprint density at radius 1 is 1.26 bits per heavy atom. The van der Waals surface area contributed by atoms with Crippen LogP contribution >= 0.6 is 15.9 Å². The Kier molecular flexibility index (Phi) is 6.52. The number of rotatable bonds is 6. The molecule has 1 rings (SSSR count). The number of carbonyl (C=O) groups is 1. The Morgan fingerprint density at radius 2 is 1.84 bits per heavy atom. The van der Waals surface area contributed by atoms with Gasteiger partial charge in [-0.05, 0) is 30.0 Å². The zero-order chi connectivity index (χ0) is 14.4. The van der Waals surface area contributed by atoms with E-state index in [1.807, 2.05) is 38.1 Å². The smallest absolute Gasteiger partial charge is 0.237 e. The zero-order valence-corrected chi connectivity index (χ0v) is 13.4. The molecule has 3 unspecified atom stereocenters. The van der Waals surface area contributed by atoms with Crippen molar-refractivity contribution in [3.63, 3.8) is 0 Å². The van der Waals surface area contributed by atoms with Gasteiger partial charge in [-0.15, -0.1) is 0 Å². The Morgan fingerprint density at radius 3 is 2.32 bits per heavy atom. The van der Waals surface area contributed by atoms with E-state index in [0.717, 1.165) is 22.9 Å². The summed E-state index contributed by atoms with van der Waals surface area (Å²) in [5.74, 6) is 0.131. The monoisotopic (exact) mass is 326 g/mol. The number of hydrogen-bond donors (Lipinski definition) is 2. The van der Waals surface area contributed by atoms with Crippen LogP contribution in [-0.4, -0.2) is 11.9 Å². The molecule has 0 aliphatic rings. The summed E-state index contributed by atoms with van der Waals surface area (Å²) in [6, 6.07) is 7.60. The molecule has 0 bridgehead atoms. The molecule has 3 N–H and O–H groups in total. The molecule has 3 atom stereocenters. The average molecular weight is 327 g/mol. The fourth-order valence-electron chi connectivity index (χ4n) is 1.90. The van der Waals surface area contributed by atoms with Gasteiger partial charge in [-0.25, -0.2) is 0 Å². The molecular formula is C15H23BrN2O. The Hall–Kier alpha value is -0.870. The van der Waals surface area contributed by atoms with E-state index in [1.54, 1.807) is 0 Å². The lowest BCUT2D eigenvalue weighted by Gasteiger charge is -2.23. The lowest BCUT2D eigenvalue weighted by molar-refractivity contribution is -0.124. The highest BCUT2D eigenvalue weighted by molar-refractivity contribution is 9.10. The minimum absolute atomic E-state index is 0.0238. The van der Waals surface area contributed by atoms with Crippen LogP contribution in [0.5, 0.6) is 0 Å². The standard InChI is InChI=1S/C15H23BrN2O/c1-4-10(3)14(17)15(19)18-13(5-2)11-6-8-12(16)9-7-11/h6-10,13-14H,4-5,17H2,1-3H3,(H,18,19). The fraction of sp³-hybridized carbons (Fsp3) is 0.533. The number of nitrogens with one attached hydrogen (secondary N) is 1. The maximum absolute atomic E-state index is 12.1. The van der Waals surface area contributed by atoms with Gasteiger partial charge in [-0.1, -0.05) is 55.3 Å². The summed E-state index contributed by atoms with van der Waals surface area (Å²) in [6.07, 6.45) is 1.75. The van der Waals surface area contributed by atoms with Crippen molar-refractivity contribution in [2.75, 3.05) is 0 Å². The van der Waals surface area contributed by atoms with Crippen molar-refractivity contribution in [3.05, 3.63) is 34.3 Å². The molecular weight excluding hydrogens is 304 g/mol. The molecule has 3 nitrogen and oxygen atoms in total. The van der Waals surface area contributed by atoms with E-state index in [4.69, 9.17) is 5.73 Å². The predicted octanol–water partition coefficient (Wildman–Crippen LogP) is 3.39. The summed E-state index contributed by atoms with van der Waals surface area (Å²) >= 11 is 3.41. The number of amides is 1. The molecule has 0 saturated heterocycles. The van der Waals surface area contributed by atoms with Gasteiger partial charge in [-0.2, -0.15) is 0 Å². The zero-order valence-electron chi connectivity index (χ0n) is 11.8. The molecule has 0 spiro atoms. The van der Waals surface area contributed by atoms with Gasteiger partial charge in [0.25, 0.3) is 0 Å². The lowest BCUT2D eigenvalue weighted by atomic mass is 9.98. The molecule has 0 heterocycles. The third kappa shape index (κ3) is 4.62. The van der Waals surface area contributed by atoms with Crippen LogP contribution in [0.25, 0.3) is 0 Å². The van der Waals surface area contributed by atoms with Gasteiger partial charge in [0, 0.05) is 4.47 Å². The van der Waals surface area contributed by atoms with E-state index in [1.165, 1.54) is 0 Å². The van der Waals surface area contributed by atoms with Crippen LogP contribution < -0.4 is 11.1 Å². The molecule has 106 valence electrons. The van der Waals surface area contributed by atoms with Crippen molar-refractivity contribution in [1.82, 2.24) is 5.32 Å². The molecule has 0 radical (unpaired) electrons. The quantitative estimate of drug-likeness (QED) is 0.841. The molecule has 19 heavy (non-hydrogen) atoms. The van der Waals surface area contributed by atoms with Gasteiger partial charge in [0.05, 0.1) is 12.1 Å². The van der Waals surface area contributed by atoms with Gasteiger partial charge in [0.1, 0.15) is 0 Å². The van der Waals surface area contributed by atoms with Crippen molar-refractivity contribution >= 4 is 21.8 Å². The summed E-state index contributed by atoms with van der Waals surface area (Å²) in [5.41, 5.74) is 7.06. The summed E-state index contributed by atoms with van der Waals surface area (Å²) in [7, 11) is 0. The first-order chi connectivity index (χ1) is 8.99. The van der Waals surface area contributed by atoms with Crippen LogP contribution in [0.1, 0.15) is 45.2 Å². The van der Waals surface area contributed by atoms with E-state index in [9.17, 15) is 4.79 Å². The summed E-state index contributed by atoms with van der Waals surface area (Å²) < 4.78 is 1.04. The van der Waals surface area contributed by atoms with Gasteiger partial charge in [0.15, 0.2) is 0 Å². The molecule has 1 amide bonds. The van der Waals surface area contributed by atoms with E-state index in [2.05, 4.69) is 28.2 Å². The SMILES string of the molecule is CCC(NC(=O)C(N)C(C)CC)c1ccc(Br)cc1. The number of benzene rings is 1. The fourth-order valence-corrected chi connectivity index (χ4v) is 2.16. The topological polar surface area (TPSA) is 55.1 Å². The van der Waals surface area contributed by atoms with Crippen molar-refractivity contribution in [1.29, 1.82) is 0 Å². The maximum atomic E-state index is 12.1. The molecule has 0 saturated carbocycles. The van der Waals surface area contributed by atoms with Crippen LogP contribution in [-0.2, 0) is 4.79 Å². The number of nitrogens with two attached hydrogens (primary N) is 1. The normalized spacial score (nSPS) is 15.6. The summed E-state index contributed by atoms with van der Waals surface area (Å²) in [5, 5.41) is 3.04. The minimum Gasteiger partial charge on any atom is -0.348 e. The van der Waals surface area contributed by atoms with Crippen LogP contribution in [0.15, 0.2) is 28.7 Å². The third-order valence-corrected chi connectivity index (χ3v) is 4.09. The van der Waals surface area contributed by atoms with Gasteiger partial charge < -0.3 is 11.1 Å². The number of halogens is 1. The molecule has 0 aliphatic heterocycles.